The van der Waals surface area contributed by atoms with Crippen molar-refractivity contribution < 1.29 is 31.4 Å². The van der Waals surface area contributed by atoms with Crippen molar-refractivity contribution in [2.45, 2.75) is 18.0 Å². The molecule has 0 saturated carbocycles. The molecule has 0 saturated heterocycles. The molecule has 0 atom stereocenters. The summed E-state index contributed by atoms with van der Waals surface area (Å²) in [6.07, 6.45) is -10.7. The van der Waals surface area contributed by atoms with E-state index in [1.165, 1.54) is 24.4 Å². The topological polar surface area (TPSA) is 36.0 Å². The molecule has 1 heterocycles. The number of H-pyrrole nitrogens is 1. The van der Waals surface area contributed by atoms with E-state index in [1.54, 1.807) is 6.07 Å². The number of hydrogen-bond acceptors (Lipinski definition) is 1. The second kappa shape index (κ2) is 6.32. The Morgan fingerprint density at radius 1 is 0.889 bits per heavy atom. The lowest BCUT2D eigenvalue weighted by atomic mass is 9.85. The van der Waals surface area contributed by atoms with Gasteiger partial charge < -0.3 is 10.1 Å². The third-order valence-electron chi connectivity index (χ3n) is 4.13. The average Bonchev–Trinajstić information content (AvgIpc) is 3.00. The van der Waals surface area contributed by atoms with Gasteiger partial charge in [-0.25, -0.2) is 0 Å². The van der Waals surface area contributed by atoms with Crippen molar-refractivity contribution in [2.24, 2.45) is 0 Å². The zero-order valence-electron chi connectivity index (χ0n) is 13.0. The second-order valence-corrected chi connectivity index (χ2v) is 6.60. The third kappa shape index (κ3) is 3.05. The van der Waals surface area contributed by atoms with Gasteiger partial charge in [0, 0.05) is 33.2 Å². The lowest BCUT2D eigenvalue weighted by Gasteiger charge is -2.34. The Bertz CT molecular complexity index is 995. The van der Waals surface area contributed by atoms with E-state index in [0.717, 1.165) is 6.07 Å². The summed E-state index contributed by atoms with van der Waals surface area (Å²) in [5.74, 6) is 0. The minimum Gasteiger partial charge on any atom is -0.369 e. The van der Waals surface area contributed by atoms with Crippen LogP contribution in [0.1, 0.15) is 5.56 Å². The van der Waals surface area contributed by atoms with Crippen LogP contribution < -0.4 is 0 Å². The van der Waals surface area contributed by atoms with Gasteiger partial charge in [-0.15, -0.1) is 0 Å². The van der Waals surface area contributed by atoms with Crippen LogP contribution in [0.4, 0.5) is 26.3 Å². The molecule has 0 spiro atoms. The summed E-state index contributed by atoms with van der Waals surface area (Å²) in [6, 6.07) is 7.24. The van der Waals surface area contributed by atoms with E-state index >= 15 is 0 Å². The third-order valence-corrected chi connectivity index (χ3v) is 4.65. The van der Waals surface area contributed by atoms with Crippen LogP contribution in [0, 0.1) is 0 Å². The summed E-state index contributed by atoms with van der Waals surface area (Å²) in [6.45, 7) is 0. The molecule has 3 aromatic rings. The fourth-order valence-corrected chi connectivity index (χ4v) is 3.50. The number of hydrogen-bond donors (Lipinski definition) is 2. The molecule has 1 aromatic heterocycles. The summed E-state index contributed by atoms with van der Waals surface area (Å²) >= 11 is 11.7. The lowest BCUT2D eigenvalue weighted by Crippen LogP contribution is -2.54. The van der Waals surface area contributed by atoms with E-state index in [-0.39, 0.29) is 5.56 Å². The summed E-state index contributed by atoms with van der Waals surface area (Å²) in [5, 5.41) is 9.28. The van der Waals surface area contributed by atoms with E-state index in [2.05, 4.69) is 4.98 Å². The number of aromatic amines is 1. The van der Waals surface area contributed by atoms with Gasteiger partial charge >= 0.3 is 12.4 Å². The van der Waals surface area contributed by atoms with Gasteiger partial charge in [0.1, 0.15) is 0 Å². The Labute approximate surface area is 158 Å². The number of nitrogens with one attached hydrogen (secondary N) is 1. The highest BCUT2D eigenvalue weighted by molar-refractivity contribution is 6.37. The average molecular weight is 428 g/mol. The molecule has 3 rings (SSSR count). The van der Waals surface area contributed by atoms with Crippen LogP contribution in [0.3, 0.4) is 0 Å². The van der Waals surface area contributed by atoms with Crippen LogP contribution in [-0.4, -0.2) is 22.4 Å². The van der Waals surface area contributed by atoms with E-state index in [9.17, 15) is 31.4 Å². The molecule has 27 heavy (non-hydrogen) atoms. The minimum absolute atomic E-state index is 0.0164. The van der Waals surface area contributed by atoms with Crippen molar-refractivity contribution in [3.63, 3.8) is 0 Å². The number of benzene rings is 2. The second-order valence-electron chi connectivity index (χ2n) is 5.76. The highest BCUT2D eigenvalue weighted by Gasteiger charge is 2.72. The van der Waals surface area contributed by atoms with Crippen LogP contribution in [0.25, 0.3) is 22.0 Å². The fraction of sp³-hybridized carbons (Fsp3) is 0.176. The van der Waals surface area contributed by atoms with Crippen LogP contribution in [0.2, 0.25) is 10.0 Å². The first kappa shape index (κ1) is 19.9. The largest absolute Gasteiger partial charge is 0.430 e. The Balaban J connectivity index is 2.47. The quantitative estimate of drug-likeness (QED) is 0.452. The number of rotatable bonds is 2. The van der Waals surface area contributed by atoms with Gasteiger partial charge in [0.2, 0.25) is 0 Å². The molecule has 144 valence electrons. The minimum atomic E-state index is -6.07. The number of aliphatic hydroxyl groups is 1. The molecule has 2 N–H and O–H groups in total. The molecule has 0 radical (unpaired) electrons. The van der Waals surface area contributed by atoms with Gasteiger partial charge in [-0.3, -0.25) is 0 Å². The molecule has 0 unspecified atom stereocenters. The first-order valence-electron chi connectivity index (χ1n) is 7.29. The smallest absolute Gasteiger partial charge is 0.369 e. The van der Waals surface area contributed by atoms with Gasteiger partial charge in [0.05, 0.1) is 5.02 Å². The van der Waals surface area contributed by atoms with Gasteiger partial charge in [0.15, 0.2) is 0 Å². The normalized spacial score (nSPS) is 13.4. The monoisotopic (exact) mass is 427 g/mol. The van der Waals surface area contributed by atoms with Crippen molar-refractivity contribution in [2.75, 3.05) is 0 Å². The van der Waals surface area contributed by atoms with Crippen LogP contribution in [-0.2, 0) is 5.60 Å². The molecule has 0 aliphatic heterocycles. The molecule has 0 amide bonds. The fourth-order valence-electron chi connectivity index (χ4n) is 2.90. The maximum atomic E-state index is 13.4. The first-order chi connectivity index (χ1) is 12.4. The van der Waals surface area contributed by atoms with Crippen LogP contribution in [0.5, 0.6) is 0 Å². The first-order valence-corrected chi connectivity index (χ1v) is 8.05. The molecular formula is C17H9Cl2F6NO. The van der Waals surface area contributed by atoms with Crippen molar-refractivity contribution in [3.05, 3.63) is 58.2 Å². The van der Waals surface area contributed by atoms with Gasteiger partial charge in [0.25, 0.3) is 5.60 Å². The van der Waals surface area contributed by atoms with E-state index < -0.39 is 39.1 Å². The van der Waals surface area contributed by atoms with Gasteiger partial charge in [-0.2, -0.15) is 26.3 Å². The molecule has 2 nitrogen and oxygen atoms in total. The van der Waals surface area contributed by atoms with Gasteiger partial charge in [-0.1, -0.05) is 35.3 Å². The van der Waals surface area contributed by atoms with E-state index in [1.807, 2.05) is 0 Å². The zero-order valence-corrected chi connectivity index (χ0v) is 14.5. The number of fused-ring (bicyclic) bond motifs is 1. The molecular weight excluding hydrogens is 419 g/mol. The molecule has 0 fully saturated rings. The molecule has 2 aromatic carbocycles. The number of alkyl halides is 6. The zero-order chi connectivity index (χ0) is 20.2. The predicted octanol–water partition coefficient (Wildman–Crippen LogP) is 6.45. The van der Waals surface area contributed by atoms with Crippen LogP contribution >= 0.6 is 23.2 Å². The summed E-state index contributed by atoms with van der Waals surface area (Å²) in [5.41, 5.74) is -6.82. The summed E-state index contributed by atoms with van der Waals surface area (Å²) in [4.78, 5) is 2.80. The number of aromatic nitrogens is 1. The predicted molar refractivity (Wildman–Crippen MR) is 89.8 cm³/mol. The van der Waals surface area contributed by atoms with E-state index in [0.29, 0.717) is 17.0 Å². The van der Waals surface area contributed by atoms with Crippen molar-refractivity contribution in [1.29, 1.82) is 0 Å². The standard InChI is InChI=1S/C17H9Cl2F6NO/c18-8-6-11(15(27,16(20,21)22)17(23,24)25)14(12(19)7-8)10-2-1-3-13-9(10)4-5-26-13/h1-7,26-27H. The maximum Gasteiger partial charge on any atom is 0.430 e. The molecule has 0 aliphatic rings. The molecule has 0 aliphatic carbocycles. The highest BCUT2D eigenvalue weighted by Crippen LogP contribution is 2.54. The van der Waals surface area contributed by atoms with Crippen molar-refractivity contribution in [1.82, 2.24) is 4.98 Å². The Morgan fingerprint density at radius 3 is 2.11 bits per heavy atom. The number of halogens is 8. The Hall–Kier alpha value is -1.90. The highest BCUT2D eigenvalue weighted by atomic mass is 35.5. The lowest BCUT2D eigenvalue weighted by molar-refractivity contribution is -0.376. The maximum absolute atomic E-state index is 13.4. The van der Waals surface area contributed by atoms with Crippen LogP contribution in [0.15, 0.2) is 42.6 Å². The molecule has 10 heteroatoms. The van der Waals surface area contributed by atoms with Crippen molar-refractivity contribution in [3.8, 4) is 11.1 Å². The Morgan fingerprint density at radius 2 is 1.52 bits per heavy atom. The summed E-state index contributed by atoms with van der Waals surface area (Å²) in [7, 11) is 0. The van der Waals surface area contributed by atoms with Crippen molar-refractivity contribution >= 4 is 34.1 Å². The SMILES string of the molecule is OC(c1cc(Cl)cc(Cl)c1-c1cccc2[nH]ccc12)(C(F)(F)F)C(F)(F)F. The van der Waals surface area contributed by atoms with Gasteiger partial charge in [-0.05, 0) is 29.8 Å². The Kier molecular flexibility index (Phi) is 4.65. The molecule has 0 bridgehead atoms. The summed E-state index contributed by atoms with van der Waals surface area (Å²) < 4.78 is 80.6. The van der Waals surface area contributed by atoms with E-state index in [4.69, 9.17) is 23.2 Å².